The highest BCUT2D eigenvalue weighted by Gasteiger charge is 2.54. The first-order valence-corrected chi connectivity index (χ1v) is 7.68. The zero-order valence-electron chi connectivity index (χ0n) is 14.3. The fourth-order valence-corrected chi connectivity index (χ4v) is 2.55. The highest BCUT2D eigenvalue weighted by molar-refractivity contribution is 6.48. The molecular weight excluding hydrogens is 295 g/mol. The average molecular weight is 318 g/mol. The normalized spacial score (nSPS) is 20.1. The molecule has 1 aromatic carbocycles. The third-order valence-electron chi connectivity index (χ3n) is 4.69. The van der Waals surface area contributed by atoms with Gasteiger partial charge >= 0.3 is 13.1 Å². The SMILES string of the molecule is COC(=O)CC(B1OC(C)(C)C(C)(C)O1)c1cccc(C=O)c1. The average Bonchev–Trinajstić information content (AvgIpc) is 2.72. The number of rotatable bonds is 5. The van der Waals surface area contributed by atoms with Crippen LogP contribution in [0.3, 0.4) is 0 Å². The summed E-state index contributed by atoms with van der Waals surface area (Å²) in [6, 6.07) is 7.13. The van der Waals surface area contributed by atoms with Crippen molar-refractivity contribution >= 4 is 19.4 Å². The first kappa shape index (κ1) is 17.7. The van der Waals surface area contributed by atoms with Crippen LogP contribution in [-0.4, -0.2) is 37.7 Å². The monoisotopic (exact) mass is 318 g/mol. The number of methoxy groups -OCH3 is 1. The van der Waals surface area contributed by atoms with E-state index in [2.05, 4.69) is 0 Å². The maximum absolute atomic E-state index is 11.8. The van der Waals surface area contributed by atoms with Gasteiger partial charge in [-0.1, -0.05) is 18.2 Å². The third-order valence-corrected chi connectivity index (χ3v) is 4.69. The van der Waals surface area contributed by atoms with Crippen LogP contribution in [0.5, 0.6) is 0 Å². The number of hydrogen-bond donors (Lipinski definition) is 0. The number of carbonyl (C=O) groups is 2. The summed E-state index contributed by atoms with van der Waals surface area (Å²) >= 11 is 0. The molecule has 2 rings (SSSR count). The minimum Gasteiger partial charge on any atom is -0.469 e. The van der Waals surface area contributed by atoms with Gasteiger partial charge in [-0.3, -0.25) is 9.59 Å². The minimum atomic E-state index is -0.582. The molecule has 1 aliphatic rings. The van der Waals surface area contributed by atoms with E-state index in [0.717, 1.165) is 11.8 Å². The summed E-state index contributed by atoms with van der Waals surface area (Å²) < 4.78 is 17.0. The Bertz CT molecular complexity index is 580. The minimum absolute atomic E-state index is 0.121. The van der Waals surface area contributed by atoms with E-state index in [1.54, 1.807) is 18.2 Å². The Balaban J connectivity index is 2.35. The van der Waals surface area contributed by atoms with Crippen LogP contribution in [0.25, 0.3) is 0 Å². The van der Waals surface area contributed by atoms with Gasteiger partial charge in [-0.2, -0.15) is 0 Å². The number of aldehydes is 1. The summed E-state index contributed by atoms with van der Waals surface area (Å²) in [5, 5.41) is 0. The molecule has 0 aromatic heterocycles. The standard InChI is InChI=1S/C17H23BO5/c1-16(2)17(3,4)23-18(22-16)14(10-15(20)21-5)13-8-6-7-12(9-13)11-19/h6-9,11,14H,10H2,1-5H3. The smallest absolute Gasteiger partial charge is 0.466 e. The molecule has 6 heteroatoms. The van der Waals surface area contributed by atoms with E-state index in [1.165, 1.54) is 7.11 Å². The van der Waals surface area contributed by atoms with E-state index in [1.807, 2.05) is 33.8 Å². The van der Waals surface area contributed by atoms with Crippen molar-refractivity contribution in [1.82, 2.24) is 0 Å². The molecule has 1 fully saturated rings. The van der Waals surface area contributed by atoms with Crippen LogP contribution in [-0.2, 0) is 18.8 Å². The lowest BCUT2D eigenvalue weighted by Gasteiger charge is -2.32. The molecule has 0 aliphatic carbocycles. The Hall–Kier alpha value is -1.66. The van der Waals surface area contributed by atoms with Crippen molar-refractivity contribution < 1.29 is 23.6 Å². The summed E-state index contributed by atoms with van der Waals surface area (Å²) in [7, 11) is 0.770. The van der Waals surface area contributed by atoms with Gasteiger partial charge in [0.1, 0.15) is 6.29 Å². The summed E-state index contributed by atoms with van der Waals surface area (Å²) in [6.07, 6.45) is 0.901. The zero-order valence-corrected chi connectivity index (χ0v) is 14.3. The van der Waals surface area contributed by atoms with Crippen LogP contribution >= 0.6 is 0 Å². The summed E-state index contributed by atoms with van der Waals surface area (Å²) in [5.41, 5.74) is 0.384. The first-order chi connectivity index (χ1) is 10.7. The summed E-state index contributed by atoms with van der Waals surface area (Å²) in [6.45, 7) is 7.85. The van der Waals surface area contributed by atoms with Crippen molar-refractivity contribution in [3.63, 3.8) is 0 Å². The fraction of sp³-hybridized carbons (Fsp3) is 0.529. The van der Waals surface area contributed by atoms with Crippen LogP contribution < -0.4 is 0 Å². The van der Waals surface area contributed by atoms with E-state index in [4.69, 9.17) is 14.0 Å². The number of hydrogen-bond acceptors (Lipinski definition) is 5. The van der Waals surface area contributed by atoms with Crippen molar-refractivity contribution in [3.05, 3.63) is 35.4 Å². The first-order valence-electron chi connectivity index (χ1n) is 7.68. The summed E-state index contributed by atoms with van der Waals surface area (Å²) in [5.74, 6) is -0.690. The van der Waals surface area contributed by atoms with Crippen LogP contribution in [0.2, 0.25) is 0 Å². The number of esters is 1. The van der Waals surface area contributed by atoms with Gasteiger partial charge in [-0.25, -0.2) is 0 Å². The molecular formula is C17H23BO5. The van der Waals surface area contributed by atoms with Gasteiger partial charge in [0.05, 0.1) is 24.7 Å². The van der Waals surface area contributed by atoms with Gasteiger partial charge < -0.3 is 14.0 Å². The molecule has 0 amide bonds. The second-order valence-corrected chi connectivity index (χ2v) is 6.80. The fourth-order valence-electron chi connectivity index (χ4n) is 2.55. The molecule has 0 N–H and O–H groups in total. The predicted molar refractivity (Wildman–Crippen MR) is 87.3 cm³/mol. The van der Waals surface area contributed by atoms with Gasteiger partial charge in [-0.15, -0.1) is 0 Å². The van der Waals surface area contributed by atoms with E-state index >= 15 is 0 Å². The molecule has 1 saturated heterocycles. The molecule has 1 heterocycles. The second kappa shape index (κ2) is 6.45. The Labute approximate surface area is 137 Å². The van der Waals surface area contributed by atoms with Crippen molar-refractivity contribution in [2.24, 2.45) is 0 Å². The quantitative estimate of drug-likeness (QED) is 0.474. The van der Waals surface area contributed by atoms with Gasteiger partial charge in [0.2, 0.25) is 0 Å². The number of ether oxygens (including phenoxy) is 1. The van der Waals surface area contributed by atoms with Crippen LogP contribution in [0.1, 0.15) is 55.9 Å². The maximum Gasteiger partial charge on any atom is 0.466 e. The lowest BCUT2D eigenvalue weighted by atomic mass is 9.66. The van der Waals surface area contributed by atoms with Crippen LogP contribution in [0.4, 0.5) is 0 Å². The van der Waals surface area contributed by atoms with E-state index in [9.17, 15) is 9.59 Å². The largest absolute Gasteiger partial charge is 0.469 e. The molecule has 0 bridgehead atoms. The lowest BCUT2D eigenvalue weighted by molar-refractivity contribution is -0.140. The highest BCUT2D eigenvalue weighted by atomic mass is 16.7. The van der Waals surface area contributed by atoms with Crippen LogP contribution in [0.15, 0.2) is 24.3 Å². The molecule has 124 valence electrons. The molecule has 1 unspecified atom stereocenters. The number of carbonyl (C=O) groups excluding carboxylic acids is 2. The van der Waals surface area contributed by atoms with Gasteiger partial charge in [0.25, 0.3) is 0 Å². The van der Waals surface area contributed by atoms with Gasteiger partial charge in [0, 0.05) is 11.4 Å². The summed E-state index contributed by atoms with van der Waals surface area (Å²) in [4.78, 5) is 22.9. The molecule has 1 aliphatic heterocycles. The molecule has 0 spiro atoms. The Kier molecular flexibility index (Phi) is 4.97. The maximum atomic E-state index is 11.8. The second-order valence-electron chi connectivity index (χ2n) is 6.80. The van der Waals surface area contributed by atoms with Crippen molar-refractivity contribution in [1.29, 1.82) is 0 Å². The topological polar surface area (TPSA) is 61.8 Å². The Morgan fingerprint density at radius 3 is 2.39 bits per heavy atom. The third kappa shape index (κ3) is 3.64. The Morgan fingerprint density at radius 2 is 1.87 bits per heavy atom. The zero-order chi connectivity index (χ0) is 17.3. The van der Waals surface area contributed by atoms with Crippen molar-refractivity contribution in [3.8, 4) is 0 Å². The molecule has 23 heavy (non-hydrogen) atoms. The van der Waals surface area contributed by atoms with Crippen LogP contribution in [0, 0.1) is 0 Å². The van der Waals surface area contributed by atoms with E-state index in [-0.39, 0.29) is 18.2 Å². The lowest BCUT2D eigenvalue weighted by Crippen LogP contribution is -2.41. The molecule has 1 aromatic rings. The Morgan fingerprint density at radius 1 is 1.26 bits per heavy atom. The van der Waals surface area contributed by atoms with Gasteiger partial charge in [0.15, 0.2) is 0 Å². The molecule has 5 nitrogen and oxygen atoms in total. The molecule has 0 saturated carbocycles. The van der Waals surface area contributed by atoms with Crippen molar-refractivity contribution in [2.75, 3.05) is 7.11 Å². The number of benzene rings is 1. The molecule has 1 atom stereocenters. The predicted octanol–water partition coefficient (Wildman–Crippen LogP) is 2.78. The van der Waals surface area contributed by atoms with Gasteiger partial charge in [-0.05, 0) is 39.3 Å². The molecule has 0 radical (unpaired) electrons. The van der Waals surface area contributed by atoms with E-state index < -0.39 is 18.3 Å². The van der Waals surface area contributed by atoms with Crippen molar-refractivity contribution in [2.45, 2.75) is 51.1 Å². The highest BCUT2D eigenvalue weighted by Crippen LogP contribution is 2.41. The van der Waals surface area contributed by atoms with E-state index in [0.29, 0.717) is 5.56 Å².